The average Bonchev–Trinajstić information content (AvgIpc) is 3.17. The molecule has 2 N–H and O–H groups in total. The molecule has 2 amide bonds. The van der Waals surface area contributed by atoms with Gasteiger partial charge in [0.05, 0.1) is 25.8 Å². The third-order valence-corrected chi connectivity index (χ3v) is 5.72. The lowest BCUT2D eigenvalue weighted by molar-refractivity contribution is 0.00612. The van der Waals surface area contributed by atoms with E-state index in [1.165, 1.54) is 21.7 Å². The van der Waals surface area contributed by atoms with Crippen molar-refractivity contribution in [2.45, 2.75) is 38.7 Å². The van der Waals surface area contributed by atoms with Crippen LogP contribution < -0.4 is 15.5 Å². The number of halogens is 2. The number of pyridine rings is 1. The molecule has 1 aromatic heterocycles. The van der Waals surface area contributed by atoms with Crippen LogP contribution in [0.1, 0.15) is 39.8 Å². The zero-order chi connectivity index (χ0) is 24.4. The molecule has 2 aromatic rings. The Morgan fingerprint density at radius 1 is 1.35 bits per heavy atom. The number of carbonyl (C=O) groups is 2. The molecular weight excluding hydrogens is 452 g/mol. The SMILES string of the molecule is C[C@H]1CO[C@@H]2Cn3cc(C(=O)NCc4ccc(F)cc4F)c(=O)c(OC[CH]CCO)c3C(=O)N12. The molecular formula is C23H24F2N3O6. The van der Waals surface area contributed by atoms with Crippen LogP contribution in [0.25, 0.3) is 0 Å². The Labute approximate surface area is 193 Å². The van der Waals surface area contributed by atoms with Gasteiger partial charge in [0.25, 0.3) is 11.8 Å². The highest BCUT2D eigenvalue weighted by Crippen LogP contribution is 2.30. The van der Waals surface area contributed by atoms with Crippen LogP contribution in [0.4, 0.5) is 8.78 Å². The van der Waals surface area contributed by atoms with Crippen molar-refractivity contribution in [2.75, 3.05) is 19.8 Å². The first-order chi connectivity index (χ1) is 16.3. The second-order valence-corrected chi connectivity index (χ2v) is 8.08. The van der Waals surface area contributed by atoms with Gasteiger partial charge in [0, 0.05) is 37.4 Å². The predicted octanol–water partition coefficient (Wildman–Crippen LogP) is 1.22. The summed E-state index contributed by atoms with van der Waals surface area (Å²) in [7, 11) is 0. The van der Waals surface area contributed by atoms with Gasteiger partial charge in [-0.15, -0.1) is 0 Å². The summed E-state index contributed by atoms with van der Waals surface area (Å²) in [6.07, 6.45) is 2.63. The number of ether oxygens (including phenoxy) is 2. The van der Waals surface area contributed by atoms with Crippen molar-refractivity contribution in [3.8, 4) is 5.75 Å². The Balaban J connectivity index is 1.66. The third-order valence-electron chi connectivity index (χ3n) is 5.72. The van der Waals surface area contributed by atoms with E-state index >= 15 is 0 Å². The monoisotopic (exact) mass is 476 g/mol. The second-order valence-electron chi connectivity index (χ2n) is 8.08. The number of hydrogen-bond donors (Lipinski definition) is 2. The van der Waals surface area contributed by atoms with E-state index in [0.29, 0.717) is 19.1 Å². The van der Waals surface area contributed by atoms with E-state index in [2.05, 4.69) is 5.32 Å². The standard InChI is InChI=1S/C23H24F2N3O6/c1-13-12-34-18-11-27-10-16(22(31)26-9-14-4-5-15(24)8-17(14)25)20(30)21(33-7-3-2-6-29)19(27)23(32)28(13)18/h3-5,8,10,13,18,29H,2,6-7,9,11-12H2,1H3,(H,26,31)/t13-,18+/m0/s1. The molecule has 1 saturated heterocycles. The van der Waals surface area contributed by atoms with Crippen molar-refractivity contribution >= 4 is 11.8 Å². The summed E-state index contributed by atoms with van der Waals surface area (Å²) in [5, 5.41) is 11.4. The summed E-state index contributed by atoms with van der Waals surface area (Å²) in [6, 6.07) is 2.77. The minimum atomic E-state index is -0.830. The molecule has 0 spiro atoms. The fraction of sp³-hybridized carbons (Fsp3) is 0.391. The van der Waals surface area contributed by atoms with Crippen LogP contribution in [0.3, 0.4) is 0 Å². The van der Waals surface area contributed by atoms with Crippen LogP contribution in [0.2, 0.25) is 0 Å². The largest absolute Gasteiger partial charge is 0.487 e. The molecule has 0 aliphatic carbocycles. The molecule has 0 bridgehead atoms. The van der Waals surface area contributed by atoms with E-state index in [1.807, 2.05) is 6.92 Å². The average molecular weight is 476 g/mol. The van der Waals surface area contributed by atoms with Gasteiger partial charge in [-0.3, -0.25) is 14.4 Å². The molecule has 34 heavy (non-hydrogen) atoms. The van der Waals surface area contributed by atoms with Crippen molar-refractivity contribution in [1.29, 1.82) is 0 Å². The quantitative estimate of drug-likeness (QED) is 0.555. The van der Waals surface area contributed by atoms with Gasteiger partial charge in [0.15, 0.2) is 17.7 Å². The summed E-state index contributed by atoms with van der Waals surface area (Å²) < 4.78 is 39.8. The first-order valence-electron chi connectivity index (χ1n) is 10.8. The maximum absolute atomic E-state index is 13.9. The summed E-state index contributed by atoms with van der Waals surface area (Å²) >= 11 is 0. The summed E-state index contributed by atoms with van der Waals surface area (Å²) in [5.74, 6) is -3.11. The summed E-state index contributed by atoms with van der Waals surface area (Å²) in [5.41, 5.74) is -1.03. The Morgan fingerprint density at radius 3 is 2.88 bits per heavy atom. The number of benzene rings is 1. The first-order valence-corrected chi connectivity index (χ1v) is 10.8. The molecule has 1 fully saturated rings. The number of aliphatic hydroxyl groups excluding tert-OH is 1. The molecule has 1 aromatic carbocycles. The smallest absolute Gasteiger partial charge is 0.276 e. The fourth-order valence-electron chi connectivity index (χ4n) is 4.01. The zero-order valence-electron chi connectivity index (χ0n) is 18.4. The highest BCUT2D eigenvalue weighted by Gasteiger charge is 2.43. The molecule has 11 heteroatoms. The maximum atomic E-state index is 13.9. The van der Waals surface area contributed by atoms with Crippen molar-refractivity contribution in [2.24, 2.45) is 0 Å². The normalized spacial score (nSPS) is 19.1. The highest BCUT2D eigenvalue weighted by atomic mass is 19.1. The van der Waals surface area contributed by atoms with Gasteiger partial charge in [-0.05, 0) is 19.4 Å². The summed E-state index contributed by atoms with van der Waals surface area (Å²) in [6.45, 7) is 1.92. The molecule has 2 atom stereocenters. The lowest BCUT2D eigenvalue weighted by Crippen LogP contribution is -2.49. The van der Waals surface area contributed by atoms with Gasteiger partial charge >= 0.3 is 0 Å². The third kappa shape index (κ3) is 4.53. The predicted molar refractivity (Wildman–Crippen MR) is 115 cm³/mol. The number of nitrogens with zero attached hydrogens (tertiary/aromatic N) is 2. The molecule has 2 aliphatic rings. The van der Waals surface area contributed by atoms with Crippen LogP contribution in [-0.4, -0.2) is 58.5 Å². The minimum absolute atomic E-state index is 0.0112. The second kappa shape index (κ2) is 9.90. The molecule has 0 unspecified atom stereocenters. The number of unbranched alkanes of at least 4 members (excludes halogenated alkanes) is 1. The molecule has 9 nitrogen and oxygen atoms in total. The number of aliphatic hydroxyl groups is 1. The van der Waals surface area contributed by atoms with Crippen LogP contribution >= 0.6 is 0 Å². The highest BCUT2D eigenvalue weighted by molar-refractivity contribution is 5.99. The molecule has 4 rings (SSSR count). The van der Waals surface area contributed by atoms with Crippen molar-refractivity contribution in [3.63, 3.8) is 0 Å². The van der Waals surface area contributed by atoms with Gasteiger partial charge in [-0.25, -0.2) is 8.78 Å². The number of fused-ring (bicyclic) bond motifs is 2. The zero-order valence-corrected chi connectivity index (χ0v) is 18.4. The lowest BCUT2D eigenvalue weighted by atomic mass is 10.1. The van der Waals surface area contributed by atoms with Gasteiger partial charge in [0.2, 0.25) is 5.43 Å². The molecule has 1 radical (unpaired) electrons. The number of hydrogen-bond acceptors (Lipinski definition) is 6. The number of amides is 2. The molecule has 2 aliphatic heterocycles. The van der Waals surface area contributed by atoms with Crippen LogP contribution in [0, 0.1) is 18.1 Å². The maximum Gasteiger partial charge on any atom is 0.276 e. The lowest BCUT2D eigenvalue weighted by Gasteiger charge is -2.34. The Bertz CT molecular complexity index is 1170. The van der Waals surface area contributed by atoms with E-state index in [1.54, 1.807) is 6.42 Å². The Hall–Kier alpha value is -3.31. The molecule has 181 valence electrons. The van der Waals surface area contributed by atoms with Crippen molar-refractivity contribution < 1.29 is 33.0 Å². The van der Waals surface area contributed by atoms with E-state index in [-0.39, 0.29) is 54.9 Å². The van der Waals surface area contributed by atoms with Gasteiger partial charge in [0.1, 0.15) is 17.2 Å². The van der Waals surface area contributed by atoms with E-state index in [0.717, 1.165) is 6.07 Å². The van der Waals surface area contributed by atoms with E-state index < -0.39 is 35.1 Å². The van der Waals surface area contributed by atoms with Crippen LogP contribution in [0.5, 0.6) is 5.75 Å². The van der Waals surface area contributed by atoms with E-state index in [4.69, 9.17) is 14.6 Å². The number of rotatable bonds is 8. The number of aromatic nitrogens is 1. The van der Waals surface area contributed by atoms with Crippen molar-refractivity contribution in [1.82, 2.24) is 14.8 Å². The topological polar surface area (TPSA) is 110 Å². The Kier molecular flexibility index (Phi) is 6.94. The number of nitrogens with one attached hydrogen (secondary N) is 1. The van der Waals surface area contributed by atoms with E-state index in [9.17, 15) is 23.2 Å². The van der Waals surface area contributed by atoms with Gasteiger partial charge < -0.3 is 29.4 Å². The molecule has 3 heterocycles. The van der Waals surface area contributed by atoms with Gasteiger partial charge in [-0.2, -0.15) is 0 Å². The summed E-state index contributed by atoms with van der Waals surface area (Å²) in [4.78, 5) is 40.8. The fourth-order valence-corrected chi connectivity index (χ4v) is 4.01. The van der Waals surface area contributed by atoms with Crippen LogP contribution in [0.15, 0.2) is 29.2 Å². The van der Waals surface area contributed by atoms with Gasteiger partial charge in [-0.1, -0.05) is 6.07 Å². The number of carbonyl (C=O) groups excluding carboxylic acids is 2. The minimum Gasteiger partial charge on any atom is -0.487 e. The molecule has 0 saturated carbocycles. The van der Waals surface area contributed by atoms with Crippen LogP contribution in [-0.2, 0) is 17.8 Å². The Morgan fingerprint density at radius 2 is 2.15 bits per heavy atom. The first kappa shape index (κ1) is 23.8. The van der Waals surface area contributed by atoms with Crippen molar-refractivity contribution in [3.05, 3.63) is 69.5 Å².